The Bertz CT molecular complexity index is 589. The molecule has 20 heavy (non-hydrogen) atoms. The first kappa shape index (κ1) is 14.2. The van der Waals surface area contributed by atoms with E-state index in [0.717, 1.165) is 24.5 Å². The SMILES string of the molecule is CCCc1c(C(=O)OC)nnn1Cc1ncnn1CC. The van der Waals surface area contributed by atoms with Crippen molar-refractivity contribution in [2.45, 2.75) is 39.8 Å². The number of esters is 1. The van der Waals surface area contributed by atoms with Crippen LogP contribution in [0.2, 0.25) is 0 Å². The molecule has 0 saturated carbocycles. The van der Waals surface area contributed by atoms with Crippen LogP contribution in [0.25, 0.3) is 0 Å². The van der Waals surface area contributed by atoms with E-state index in [-0.39, 0.29) is 5.69 Å². The highest BCUT2D eigenvalue weighted by Gasteiger charge is 2.20. The van der Waals surface area contributed by atoms with Gasteiger partial charge in [0, 0.05) is 6.54 Å². The van der Waals surface area contributed by atoms with E-state index in [2.05, 4.69) is 20.4 Å². The molecule has 8 heteroatoms. The Labute approximate surface area is 116 Å². The fourth-order valence-electron chi connectivity index (χ4n) is 2.01. The average molecular weight is 278 g/mol. The Morgan fingerprint density at radius 3 is 2.80 bits per heavy atom. The molecule has 2 aromatic rings. The lowest BCUT2D eigenvalue weighted by atomic mass is 10.2. The van der Waals surface area contributed by atoms with E-state index in [9.17, 15) is 4.79 Å². The molecule has 0 aliphatic carbocycles. The van der Waals surface area contributed by atoms with Crippen LogP contribution in [-0.4, -0.2) is 42.8 Å². The number of rotatable bonds is 6. The van der Waals surface area contributed by atoms with Crippen LogP contribution in [0.3, 0.4) is 0 Å². The molecule has 0 saturated heterocycles. The third-order valence-corrected chi connectivity index (χ3v) is 2.99. The predicted molar refractivity (Wildman–Crippen MR) is 70.2 cm³/mol. The van der Waals surface area contributed by atoms with E-state index in [1.54, 1.807) is 9.36 Å². The van der Waals surface area contributed by atoms with Gasteiger partial charge < -0.3 is 4.74 Å². The lowest BCUT2D eigenvalue weighted by Crippen LogP contribution is -2.14. The number of aromatic nitrogens is 6. The molecule has 0 atom stereocenters. The van der Waals surface area contributed by atoms with Gasteiger partial charge in [0.25, 0.3) is 0 Å². The highest BCUT2D eigenvalue weighted by Crippen LogP contribution is 2.11. The second kappa shape index (κ2) is 6.27. The minimum atomic E-state index is -0.461. The first-order chi connectivity index (χ1) is 9.71. The summed E-state index contributed by atoms with van der Waals surface area (Å²) in [5.74, 6) is 0.322. The van der Waals surface area contributed by atoms with Gasteiger partial charge in [0.05, 0.1) is 12.8 Å². The first-order valence-corrected chi connectivity index (χ1v) is 6.58. The standard InChI is InChI=1S/C12H18N6O2/c1-4-6-9-11(12(19)20-3)15-16-18(9)7-10-13-8-14-17(10)5-2/h8H,4-7H2,1-3H3. The van der Waals surface area contributed by atoms with Gasteiger partial charge in [-0.2, -0.15) is 5.10 Å². The van der Waals surface area contributed by atoms with Crippen molar-refractivity contribution in [1.29, 1.82) is 0 Å². The highest BCUT2D eigenvalue weighted by molar-refractivity contribution is 5.88. The number of carbonyl (C=O) groups excluding carboxylic acids is 1. The molecule has 0 bridgehead atoms. The fraction of sp³-hybridized carbons (Fsp3) is 0.583. The molecule has 108 valence electrons. The van der Waals surface area contributed by atoms with E-state index in [4.69, 9.17) is 4.74 Å². The van der Waals surface area contributed by atoms with Crippen molar-refractivity contribution in [2.24, 2.45) is 0 Å². The Kier molecular flexibility index (Phi) is 4.44. The number of methoxy groups -OCH3 is 1. The normalized spacial score (nSPS) is 10.8. The minimum absolute atomic E-state index is 0.275. The first-order valence-electron chi connectivity index (χ1n) is 6.58. The van der Waals surface area contributed by atoms with Crippen molar-refractivity contribution in [3.8, 4) is 0 Å². The van der Waals surface area contributed by atoms with Crippen molar-refractivity contribution in [3.63, 3.8) is 0 Å². The van der Waals surface area contributed by atoms with Crippen molar-refractivity contribution >= 4 is 5.97 Å². The second-order valence-electron chi connectivity index (χ2n) is 4.28. The molecule has 0 radical (unpaired) electrons. The molecule has 0 aliphatic heterocycles. The fourth-order valence-corrected chi connectivity index (χ4v) is 2.01. The number of hydrogen-bond acceptors (Lipinski definition) is 6. The van der Waals surface area contributed by atoms with Gasteiger partial charge in [0.15, 0.2) is 5.69 Å². The summed E-state index contributed by atoms with van der Waals surface area (Å²) < 4.78 is 8.20. The van der Waals surface area contributed by atoms with Gasteiger partial charge in [0.1, 0.15) is 18.7 Å². The van der Waals surface area contributed by atoms with Gasteiger partial charge in [-0.3, -0.25) is 0 Å². The minimum Gasteiger partial charge on any atom is -0.464 e. The largest absolute Gasteiger partial charge is 0.464 e. The molecular formula is C12H18N6O2. The van der Waals surface area contributed by atoms with Gasteiger partial charge in [-0.15, -0.1) is 5.10 Å². The van der Waals surface area contributed by atoms with Crippen molar-refractivity contribution in [2.75, 3.05) is 7.11 Å². The number of hydrogen-bond donors (Lipinski definition) is 0. The van der Waals surface area contributed by atoms with Gasteiger partial charge >= 0.3 is 5.97 Å². The molecule has 0 aromatic carbocycles. The number of nitrogens with zero attached hydrogens (tertiary/aromatic N) is 6. The molecule has 2 heterocycles. The van der Waals surface area contributed by atoms with Gasteiger partial charge in [-0.05, 0) is 13.3 Å². The van der Waals surface area contributed by atoms with Crippen LogP contribution in [0.15, 0.2) is 6.33 Å². The van der Waals surface area contributed by atoms with Crippen LogP contribution < -0.4 is 0 Å². The smallest absolute Gasteiger partial charge is 0.360 e. The summed E-state index contributed by atoms with van der Waals surface area (Å²) in [7, 11) is 1.34. The molecule has 0 N–H and O–H groups in total. The van der Waals surface area contributed by atoms with Crippen LogP contribution in [0.5, 0.6) is 0 Å². The maximum absolute atomic E-state index is 11.7. The van der Waals surface area contributed by atoms with Crippen LogP contribution in [0, 0.1) is 0 Å². The molecule has 0 spiro atoms. The van der Waals surface area contributed by atoms with Crippen LogP contribution in [0.4, 0.5) is 0 Å². The summed E-state index contributed by atoms with van der Waals surface area (Å²) >= 11 is 0. The summed E-state index contributed by atoms with van der Waals surface area (Å²) in [6.07, 6.45) is 3.10. The number of ether oxygens (including phenoxy) is 1. The molecular weight excluding hydrogens is 260 g/mol. The highest BCUT2D eigenvalue weighted by atomic mass is 16.5. The number of carbonyl (C=O) groups is 1. The topological polar surface area (TPSA) is 87.7 Å². The van der Waals surface area contributed by atoms with E-state index < -0.39 is 5.97 Å². The summed E-state index contributed by atoms with van der Waals surface area (Å²) in [6, 6.07) is 0. The summed E-state index contributed by atoms with van der Waals surface area (Å²) in [5, 5.41) is 12.1. The lowest BCUT2D eigenvalue weighted by Gasteiger charge is -2.07. The lowest BCUT2D eigenvalue weighted by molar-refractivity contribution is 0.0592. The summed E-state index contributed by atoms with van der Waals surface area (Å²) in [6.45, 7) is 5.20. The van der Waals surface area contributed by atoms with Gasteiger partial charge in [0.2, 0.25) is 0 Å². The van der Waals surface area contributed by atoms with Crippen molar-refractivity contribution in [1.82, 2.24) is 29.8 Å². The number of aryl methyl sites for hydroxylation is 1. The van der Waals surface area contributed by atoms with E-state index in [1.807, 2.05) is 13.8 Å². The van der Waals surface area contributed by atoms with Crippen molar-refractivity contribution in [3.05, 3.63) is 23.5 Å². The maximum atomic E-state index is 11.7. The molecule has 8 nitrogen and oxygen atoms in total. The zero-order valence-electron chi connectivity index (χ0n) is 11.9. The Morgan fingerprint density at radius 2 is 2.15 bits per heavy atom. The van der Waals surface area contributed by atoms with E-state index >= 15 is 0 Å². The second-order valence-corrected chi connectivity index (χ2v) is 4.28. The molecule has 0 aliphatic rings. The van der Waals surface area contributed by atoms with Crippen LogP contribution >= 0.6 is 0 Å². The third-order valence-electron chi connectivity index (χ3n) is 2.99. The summed E-state index contributed by atoms with van der Waals surface area (Å²) in [4.78, 5) is 15.9. The van der Waals surface area contributed by atoms with Gasteiger partial charge in [-0.25, -0.2) is 19.1 Å². The molecule has 2 rings (SSSR count). The zero-order valence-corrected chi connectivity index (χ0v) is 11.9. The summed E-state index contributed by atoms with van der Waals surface area (Å²) in [5.41, 5.74) is 1.04. The van der Waals surface area contributed by atoms with Crippen LogP contribution in [-0.2, 0) is 24.2 Å². The molecule has 0 fully saturated rings. The molecule has 2 aromatic heterocycles. The van der Waals surface area contributed by atoms with E-state index in [0.29, 0.717) is 13.0 Å². The quantitative estimate of drug-likeness (QED) is 0.722. The van der Waals surface area contributed by atoms with Crippen molar-refractivity contribution < 1.29 is 9.53 Å². The van der Waals surface area contributed by atoms with Gasteiger partial charge in [-0.1, -0.05) is 18.6 Å². The third kappa shape index (κ3) is 2.68. The predicted octanol–water partition coefficient (Wildman–Crippen LogP) is 0.677. The Hall–Kier alpha value is -2.25. The zero-order chi connectivity index (χ0) is 14.5. The van der Waals surface area contributed by atoms with Crippen LogP contribution in [0.1, 0.15) is 42.3 Å². The Morgan fingerprint density at radius 1 is 1.35 bits per heavy atom. The molecule has 0 amide bonds. The average Bonchev–Trinajstić information content (AvgIpc) is 3.06. The van der Waals surface area contributed by atoms with E-state index in [1.165, 1.54) is 13.4 Å². The molecule has 0 unspecified atom stereocenters. The Balaban J connectivity index is 2.32. The monoisotopic (exact) mass is 278 g/mol. The maximum Gasteiger partial charge on any atom is 0.360 e.